The third-order valence-electron chi connectivity index (χ3n) is 6.13. The molecule has 39 heavy (non-hydrogen) atoms. The van der Waals surface area contributed by atoms with Crippen molar-refractivity contribution in [2.45, 2.75) is 38.9 Å². The van der Waals surface area contributed by atoms with E-state index in [0.717, 1.165) is 0 Å². The molecule has 1 atom stereocenters. The molecule has 4 aromatic rings. The predicted molar refractivity (Wildman–Crippen MR) is 143 cm³/mol. The summed E-state index contributed by atoms with van der Waals surface area (Å²) < 4.78 is 17.7. The quantitative estimate of drug-likeness (QED) is 0.371. The molecule has 11 heteroatoms. The predicted octanol–water partition coefficient (Wildman–Crippen LogP) is 3.56. The second kappa shape index (κ2) is 10.2. The van der Waals surface area contributed by atoms with E-state index < -0.39 is 23.4 Å². The molecule has 0 spiro atoms. The van der Waals surface area contributed by atoms with Gasteiger partial charge in [-0.1, -0.05) is 23.4 Å². The van der Waals surface area contributed by atoms with Crippen LogP contribution in [0, 0.1) is 0 Å². The number of phenols is 1. The molecule has 0 saturated carbocycles. The van der Waals surface area contributed by atoms with Gasteiger partial charge >= 0.3 is 0 Å². The third-order valence-corrected chi connectivity index (χ3v) is 6.13. The molecule has 3 aromatic carbocycles. The van der Waals surface area contributed by atoms with E-state index in [1.165, 1.54) is 22.8 Å². The molecule has 1 aliphatic rings. The van der Waals surface area contributed by atoms with Gasteiger partial charge in [-0.25, -0.2) is 4.68 Å². The lowest BCUT2D eigenvalue weighted by Crippen LogP contribution is -2.50. The van der Waals surface area contributed by atoms with Crippen LogP contribution in [0.25, 0.3) is 11.0 Å². The summed E-state index contributed by atoms with van der Waals surface area (Å²) in [4.78, 5) is 29.4. The molecule has 2 amide bonds. The van der Waals surface area contributed by atoms with Crippen LogP contribution in [0.2, 0.25) is 0 Å². The Morgan fingerprint density at radius 2 is 1.87 bits per heavy atom. The van der Waals surface area contributed by atoms with Crippen molar-refractivity contribution in [1.82, 2.24) is 20.3 Å². The van der Waals surface area contributed by atoms with Crippen molar-refractivity contribution in [1.29, 1.82) is 0 Å². The normalized spacial score (nSPS) is 13.2. The van der Waals surface area contributed by atoms with Crippen LogP contribution in [0.5, 0.6) is 23.0 Å². The van der Waals surface area contributed by atoms with E-state index in [1.54, 1.807) is 36.4 Å². The lowest BCUT2D eigenvalue weighted by molar-refractivity contribution is -0.128. The zero-order valence-corrected chi connectivity index (χ0v) is 22.0. The molecule has 0 radical (unpaired) electrons. The minimum atomic E-state index is -1.16. The highest BCUT2D eigenvalue weighted by Crippen LogP contribution is 2.39. The number of hydrogen-bond donors (Lipinski definition) is 2. The Hall–Kier alpha value is -4.80. The summed E-state index contributed by atoms with van der Waals surface area (Å²) in [7, 11) is 1.43. The third kappa shape index (κ3) is 5.28. The van der Waals surface area contributed by atoms with E-state index >= 15 is 0 Å². The fourth-order valence-electron chi connectivity index (χ4n) is 4.44. The first-order valence-electron chi connectivity index (χ1n) is 12.3. The number of carbonyl (C=O) groups is 2. The Morgan fingerprint density at radius 3 is 2.62 bits per heavy atom. The van der Waals surface area contributed by atoms with E-state index in [4.69, 9.17) is 14.2 Å². The molecule has 1 unspecified atom stereocenters. The number of phenolic OH excluding ortho intramolecular Hbond substituents is 1. The fraction of sp³-hybridized carbons (Fsp3) is 0.286. The second-order valence-electron chi connectivity index (χ2n) is 10.1. The monoisotopic (exact) mass is 531 g/mol. The molecule has 202 valence electrons. The van der Waals surface area contributed by atoms with Crippen LogP contribution < -0.4 is 24.4 Å². The molecule has 2 N–H and O–H groups in total. The molecule has 2 heterocycles. The number of nitrogens with one attached hydrogen (secondary N) is 1. The number of nitrogens with zero attached hydrogens (tertiary/aromatic N) is 4. The zero-order valence-electron chi connectivity index (χ0n) is 22.0. The molecule has 11 nitrogen and oxygen atoms in total. The number of anilines is 1. The molecule has 0 bridgehead atoms. The molecule has 1 aliphatic heterocycles. The Labute approximate surface area is 224 Å². The number of carbonyl (C=O) groups excluding carboxylic acids is 2. The van der Waals surface area contributed by atoms with Crippen molar-refractivity contribution in [3.8, 4) is 23.0 Å². The lowest BCUT2D eigenvalue weighted by Gasteiger charge is -2.34. The highest BCUT2D eigenvalue weighted by Gasteiger charge is 2.36. The topological polar surface area (TPSA) is 128 Å². The van der Waals surface area contributed by atoms with Crippen molar-refractivity contribution in [3.05, 3.63) is 66.2 Å². The molecule has 0 fully saturated rings. The Bertz CT molecular complexity index is 1540. The number of hydrogen-bond acceptors (Lipinski definition) is 8. The number of fused-ring (bicyclic) bond motifs is 2. The number of aromatic hydroxyl groups is 1. The van der Waals surface area contributed by atoms with E-state index in [2.05, 4.69) is 15.6 Å². The summed E-state index contributed by atoms with van der Waals surface area (Å²) in [5.74, 6) is 0.179. The van der Waals surface area contributed by atoms with Crippen LogP contribution in [0.4, 0.5) is 5.69 Å². The average molecular weight is 532 g/mol. The summed E-state index contributed by atoms with van der Waals surface area (Å²) in [6, 6.07) is 15.8. The van der Waals surface area contributed by atoms with Crippen LogP contribution >= 0.6 is 0 Å². The van der Waals surface area contributed by atoms with E-state index in [0.29, 0.717) is 33.8 Å². The van der Waals surface area contributed by atoms with Crippen molar-refractivity contribution in [3.63, 3.8) is 0 Å². The van der Waals surface area contributed by atoms with E-state index in [9.17, 15) is 14.7 Å². The van der Waals surface area contributed by atoms with Crippen LogP contribution in [0.1, 0.15) is 32.4 Å². The van der Waals surface area contributed by atoms with Gasteiger partial charge in [0.25, 0.3) is 0 Å². The number of aromatic nitrogens is 3. The van der Waals surface area contributed by atoms with E-state index in [1.807, 2.05) is 39.0 Å². The van der Waals surface area contributed by atoms with Crippen LogP contribution in [-0.4, -0.2) is 51.4 Å². The maximum absolute atomic E-state index is 14.1. The maximum atomic E-state index is 14.1. The van der Waals surface area contributed by atoms with Gasteiger partial charge in [0.05, 0.1) is 12.6 Å². The van der Waals surface area contributed by atoms with Gasteiger partial charge in [0.2, 0.25) is 18.6 Å². The molecule has 5 rings (SSSR count). The summed E-state index contributed by atoms with van der Waals surface area (Å²) >= 11 is 0. The van der Waals surface area contributed by atoms with E-state index in [-0.39, 0.29) is 24.8 Å². The maximum Gasteiger partial charge on any atom is 0.249 e. The summed E-state index contributed by atoms with van der Waals surface area (Å²) in [6.07, 6.45) is 0. The smallest absolute Gasteiger partial charge is 0.249 e. The number of benzene rings is 3. The molecule has 0 aliphatic carbocycles. The largest absolute Gasteiger partial charge is 0.504 e. The molecule has 1 aromatic heterocycles. The summed E-state index contributed by atoms with van der Waals surface area (Å²) in [6.45, 7) is 5.40. The summed E-state index contributed by atoms with van der Waals surface area (Å²) in [5, 5.41) is 21.9. The molecular formula is C28H29N5O6. The first kappa shape index (κ1) is 25.8. The summed E-state index contributed by atoms with van der Waals surface area (Å²) in [5.41, 5.74) is 1.49. The van der Waals surface area contributed by atoms with Crippen LogP contribution in [0.15, 0.2) is 60.7 Å². The van der Waals surface area contributed by atoms with Gasteiger partial charge in [0.15, 0.2) is 23.0 Å². The lowest BCUT2D eigenvalue weighted by atomic mass is 10.00. The van der Waals surface area contributed by atoms with Gasteiger partial charge < -0.3 is 24.6 Å². The fourth-order valence-corrected chi connectivity index (χ4v) is 4.44. The zero-order chi connectivity index (χ0) is 27.7. The molecule has 0 saturated heterocycles. The number of methoxy groups -OCH3 is 1. The van der Waals surface area contributed by atoms with Gasteiger partial charge in [-0.05, 0) is 62.7 Å². The number of amides is 2. The van der Waals surface area contributed by atoms with Crippen molar-refractivity contribution in [2.75, 3.05) is 18.8 Å². The van der Waals surface area contributed by atoms with Crippen molar-refractivity contribution >= 4 is 28.5 Å². The van der Waals surface area contributed by atoms with Gasteiger partial charge in [0.1, 0.15) is 18.1 Å². The Kier molecular flexibility index (Phi) is 6.73. The minimum absolute atomic E-state index is 0.0535. The highest BCUT2D eigenvalue weighted by molar-refractivity contribution is 6.02. The number of ether oxygens (including phenoxy) is 3. The second-order valence-corrected chi connectivity index (χ2v) is 10.1. The Morgan fingerprint density at radius 1 is 1.10 bits per heavy atom. The number of rotatable bonds is 7. The van der Waals surface area contributed by atoms with Gasteiger partial charge in [0, 0.05) is 17.3 Å². The van der Waals surface area contributed by atoms with Gasteiger partial charge in [-0.15, -0.1) is 5.10 Å². The Balaban J connectivity index is 1.64. The average Bonchev–Trinajstić information content (AvgIpc) is 3.52. The highest BCUT2D eigenvalue weighted by atomic mass is 16.7. The number of para-hydroxylation sites is 1. The first-order chi connectivity index (χ1) is 18.6. The van der Waals surface area contributed by atoms with Crippen molar-refractivity contribution < 1.29 is 28.9 Å². The van der Waals surface area contributed by atoms with Crippen molar-refractivity contribution in [2.24, 2.45) is 0 Å². The SMILES string of the molecule is COc1ccc(C(C(=O)NC(C)(C)C)N(C(=O)Cn2nnc3ccccc32)c2ccc3c(c2)OCO3)cc1O. The van der Waals surface area contributed by atoms with Gasteiger partial charge in [-0.2, -0.15) is 0 Å². The molecular weight excluding hydrogens is 502 g/mol. The van der Waals surface area contributed by atoms with Gasteiger partial charge in [-0.3, -0.25) is 14.5 Å². The standard InChI is InChI=1S/C28H29N5O6/c1-28(2,3)29-27(36)26(17-9-11-22(37-4)21(34)13-17)33(18-10-12-23-24(14-18)39-16-38-23)25(35)15-32-20-8-6-5-7-19(20)30-31-32/h5-14,26,34H,15-16H2,1-4H3,(H,29,36). The van der Waals surface area contributed by atoms with Crippen LogP contribution in [0.3, 0.4) is 0 Å². The minimum Gasteiger partial charge on any atom is -0.504 e. The van der Waals surface area contributed by atoms with Crippen LogP contribution in [-0.2, 0) is 16.1 Å². The first-order valence-corrected chi connectivity index (χ1v) is 12.3.